The number of hydrogen-bond donors (Lipinski definition) is 1. The molecular weight excluding hydrogens is 238 g/mol. The van der Waals surface area contributed by atoms with Crippen molar-refractivity contribution in [2.45, 2.75) is 0 Å². The Morgan fingerprint density at radius 2 is 1.84 bits per heavy atom. The maximum Gasteiger partial charge on any atom is 0.241 e. The van der Waals surface area contributed by atoms with Gasteiger partial charge in [0, 0.05) is 6.08 Å². The molecule has 0 radical (unpaired) electrons. The van der Waals surface area contributed by atoms with Crippen molar-refractivity contribution in [1.82, 2.24) is 0 Å². The molecule has 1 amide bonds. The topological polar surface area (TPSA) is 52.3 Å². The molecule has 0 aliphatic rings. The van der Waals surface area contributed by atoms with E-state index in [0.29, 0.717) is 0 Å². The molecule has 0 aliphatic heterocycles. The van der Waals surface area contributed by atoms with Gasteiger partial charge in [0.25, 0.3) is 0 Å². The molecule has 0 fully saturated rings. The molecule has 0 aromatic heterocycles. The molecule has 0 saturated heterocycles. The lowest BCUT2D eigenvalue weighted by Gasteiger charge is -2.05. The van der Waals surface area contributed by atoms with Crippen LogP contribution in [0.1, 0.15) is 5.56 Å². The molecule has 3 heteroatoms. The van der Waals surface area contributed by atoms with Crippen LogP contribution in [0.2, 0.25) is 0 Å². The predicted molar refractivity (Wildman–Crippen MR) is 76.7 cm³/mol. The van der Waals surface area contributed by atoms with E-state index in [1.807, 2.05) is 48.5 Å². The number of carbonyl (C=O) groups excluding carboxylic acids is 1. The number of benzene rings is 2. The maximum absolute atomic E-state index is 10.7. The third kappa shape index (κ3) is 3.45. The summed E-state index contributed by atoms with van der Waals surface area (Å²) in [4.78, 5) is 10.7. The molecule has 0 bridgehead atoms. The third-order valence-corrected chi connectivity index (χ3v) is 2.75. The molecule has 2 aromatic rings. The normalized spacial score (nSPS) is 10.6. The van der Waals surface area contributed by atoms with Gasteiger partial charge in [0.2, 0.25) is 5.91 Å². The molecule has 0 heterocycles. The molecule has 2 rings (SSSR count). The minimum atomic E-state index is -0.447. The Balaban J connectivity index is 2.24. The molecule has 0 saturated carbocycles. The molecule has 0 spiro atoms. The van der Waals surface area contributed by atoms with Crippen molar-refractivity contribution in [1.29, 1.82) is 0 Å². The van der Waals surface area contributed by atoms with Gasteiger partial charge in [-0.1, -0.05) is 36.4 Å². The summed E-state index contributed by atoms with van der Waals surface area (Å²) in [5.74, 6) is 0.382. The SMILES string of the molecule is COc1cccc(-c2ccc(/C=C\C(N)=O)cc2)c1. The van der Waals surface area contributed by atoms with Crippen LogP contribution in [0.15, 0.2) is 54.6 Å². The lowest BCUT2D eigenvalue weighted by atomic mass is 10.0. The quantitative estimate of drug-likeness (QED) is 0.852. The summed E-state index contributed by atoms with van der Waals surface area (Å²) in [7, 11) is 1.65. The highest BCUT2D eigenvalue weighted by atomic mass is 16.5. The standard InChI is InChI=1S/C16H15NO2/c1-19-15-4-2-3-14(11-15)13-8-5-12(6-9-13)7-10-16(17)18/h2-11H,1H3,(H2,17,18)/b10-7-. The Morgan fingerprint density at radius 1 is 1.11 bits per heavy atom. The van der Waals surface area contributed by atoms with Crippen LogP contribution < -0.4 is 10.5 Å². The fourth-order valence-corrected chi connectivity index (χ4v) is 1.77. The second-order valence-corrected chi connectivity index (χ2v) is 4.09. The van der Waals surface area contributed by atoms with Gasteiger partial charge in [-0.15, -0.1) is 0 Å². The van der Waals surface area contributed by atoms with Gasteiger partial charge in [0.05, 0.1) is 7.11 Å². The van der Waals surface area contributed by atoms with E-state index in [1.165, 1.54) is 6.08 Å². The van der Waals surface area contributed by atoms with Crippen LogP contribution in [0.25, 0.3) is 17.2 Å². The van der Waals surface area contributed by atoms with Crippen molar-refractivity contribution >= 4 is 12.0 Å². The fourth-order valence-electron chi connectivity index (χ4n) is 1.77. The Labute approximate surface area is 112 Å². The fraction of sp³-hybridized carbons (Fsp3) is 0.0625. The molecule has 19 heavy (non-hydrogen) atoms. The number of nitrogens with two attached hydrogens (primary N) is 1. The third-order valence-electron chi connectivity index (χ3n) is 2.75. The Hall–Kier alpha value is -2.55. The number of methoxy groups -OCH3 is 1. The second kappa shape index (κ2) is 5.87. The highest BCUT2D eigenvalue weighted by Crippen LogP contribution is 2.24. The largest absolute Gasteiger partial charge is 0.497 e. The van der Waals surface area contributed by atoms with Crippen molar-refractivity contribution in [2.75, 3.05) is 7.11 Å². The van der Waals surface area contributed by atoms with Crippen LogP contribution in [0.4, 0.5) is 0 Å². The van der Waals surface area contributed by atoms with Crippen LogP contribution in [0.3, 0.4) is 0 Å². The molecule has 0 atom stereocenters. The lowest BCUT2D eigenvalue weighted by molar-refractivity contribution is -0.113. The van der Waals surface area contributed by atoms with Crippen molar-refractivity contribution in [3.8, 4) is 16.9 Å². The zero-order valence-electron chi connectivity index (χ0n) is 10.7. The molecular formula is C16H15NO2. The molecule has 0 unspecified atom stereocenters. The zero-order chi connectivity index (χ0) is 13.7. The van der Waals surface area contributed by atoms with Crippen LogP contribution in [0.5, 0.6) is 5.75 Å². The Morgan fingerprint density at radius 3 is 2.47 bits per heavy atom. The average Bonchev–Trinajstić information content (AvgIpc) is 2.45. The van der Waals surface area contributed by atoms with Gasteiger partial charge in [0.1, 0.15) is 5.75 Å². The van der Waals surface area contributed by atoms with Gasteiger partial charge in [-0.2, -0.15) is 0 Å². The van der Waals surface area contributed by atoms with Crippen LogP contribution in [-0.4, -0.2) is 13.0 Å². The zero-order valence-corrected chi connectivity index (χ0v) is 10.7. The summed E-state index contributed by atoms with van der Waals surface area (Å²) >= 11 is 0. The van der Waals surface area contributed by atoms with Gasteiger partial charge in [-0.3, -0.25) is 4.79 Å². The van der Waals surface area contributed by atoms with Gasteiger partial charge in [-0.05, 0) is 34.9 Å². The summed E-state index contributed by atoms with van der Waals surface area (Å²) < 4.78 is 5.20. The molecule has 3 nitrogen and oxygen atoms in total. The van der Waals surface area contributed by atoms with E-state index in [0.717, 1.165) is 22.4 Å². The number of primary amides is 1. The van der Waals surface area contributed by atoms with Gasteiger partial charge < -0.3 is 10.5 Å². The maximum atomic E-state index is 10.7. The van der Waals surface area contributed by atoms with E-state index in [1.54, 1.807) is 13.2 Å². The summed E-state index contributed by atoms with van der Waals surface area (Å²) in [6.45, 7) is 0. The average molecular weight is 253 g/mol. The van der Waals surface area contributed by atoms with Crippen molar-refractivity contribution in [3.05, 3.63) is 60.2 Å². The molecule has 0 aliphatic carbocycles. The van der Waals surface area contributed by atoms with E-state index >= 15 is 0 Å². The molecule has 96 valence electrons. The van der Waals surface area contributed by atoms with E-state index in [9.17, 15) is 4.79 Å². The van der Waals surface area contributed by atoms with E-state index < -0.39 is 5.91 Å². The minimum absolute atomic E-state index is 0.447. The monoisotopic (exact) mass is 253 g/mol. The Kier molecular flexibility index (Phi) is 3.98. The molecule has 2 aromatic carbocycles. The summed E-state index contributed by atoms with van der Waals surface area (Å²) in [6, 6.07) is 15.7. The van der Waals surface area contributed by atoms with Gasteiger partial charge >= 0.3 is 0 Å². The summed E-state index contributed by atoms with van der Waals surface area (Å²) in [5, 5.41) is 0. The first-order valence-electron chi connectivity index (χ1n) is 5.91. The van der Waals surface area contributed by atoms with Crippen molar-refractivity contribution in [2.24, 2.45) is 5.73 Å². The summed E-state index contributed by atoms with van der Waals surface area (Å²) in [6.07, 6.45) is 3.04. The van der Waals surface area contributed by atoms with Crippen LogP contribution >= 0.6 is 0 Å². The van der Waals surface area contributed by atoms with Gasteiger partial charge in [-0.25, -0.2) is 0 Å². The smallest absolute Gasteiger partial charge is 0.241 e. The first kappa shape index (κ1) is 12.9. The summed E-state index contributed by atoms with van der Waals surface area (Å²) in [5.41, 5.74) is 8.17. The van der Waals surface area contributed by atoms with Gasteiger partial charge in [0.15, 0.2) is 0 Å². The minimum Gasteiger partial charge on any atom is -0.497 e. The van der Waals surface area contributed by atoms with Crippen LogP contribution in [-0.2, 0) is 4.79 Å². The van der Waals surface area contributed by atoms with Crippen LogP contribution in [0, 0.1) is 0 Å². The predicted octanol–water partition coefficient (Wildman–Crippen LogP) is 2.86. The molecule has 2 N–H and O–H groups in total. The number of ether oxygens (including phenoxy) is 1. The van der Waals surface area contributed by atoms with E-state index in [-0.39, 0.29) is 0 Å². The highest BCUT2D eigenvalue weighted by molar-refractivity contribution is 5.90. The van der Waals surface area contributed by atoms with E-state index in [4.69, 9.17) is 10.5 Å². The second-order valence-electron chi connectivity index (χ2n) is 4.09. The first-order chi connectivity index (χ1) is 9.19. The number of rotatable bonds is 4. The first-order valence-corrected chi connectivity index (χ1v) is 5.91. The number of hydrogen-bond acceptors (Lipinski definition) is 2. The number of carbonyl (C=O) groups is 1. The van der Waals surface area contributed by atoms with Crippen molar-refractivity contribution in [3.63, 3.8) is 0 Å². The number of amides is 1. The van der Waals surface area contributed by atoms with Crippen molar-refractivity contribution < 1.29 is 9.53 Å². The lowest BCUT2D eigenvalue weighted by Crippen LogP contribution is -2.04. The highest BCUT2D eigenvalue weighted by Gasteiger charge is 1.99. The Bertz CT molecular complexity index is 600. The van der Waals surface area contributed by atoms with E-state index in [2.05, 4.69) is 0 Å².